The van der Waals surface area contributed by atoms with Crippen molar-refractivity contribution < 1.29 is 68.7 Å². The normalized spacial score (nSPS) is 9.55. The molecule has 0 aliphatic carbocycles. The smallest absolute Gasteiger partial charge is 0.512 e. The number of nitrogens with zero attached hydrogens (tertiary/aromatic N) is 7. The van der Waals surface area contributed by atoms with Crippen molar-refractivity contribution in [3.63, 3.8) is 0 Å². The van der Waals surface area contributed by atoms with Gasteiger partial charge in [-0.25, -0.2) is 46.6 Å². The second-order valence-corrected chi connectivity index (χ2v) is 20.0. The number of aromatic nitrogens is 6. The van der Waals surface area contributed by atoms with E-state index in [0.29, 0.717) is 50.6 Å². The Kier molecular flexibility index (Phi) is 38.3. The number of hydrogen-bond acceptors (Lipinski definition) is 12. The van der Waals surface area contributed by atoms with Crippen molar-refractivity contribution in [2.24, 2.45) is 0 Å². The summed E-state index contributed by atoms with van der Waals surface area (Å²) in [4.78, 5) is 38.9. The van der Waals surface area contributed by atoms with Crippen LogP contribution in [0.15, 0.2) is 217 Å². The second-order valence-electron chi connectivity index (χ2n) is 19.1. The quantitative estimate of drug-likeness (QED) is 0.0220. The maximum atomic E-state index is 14.5. The number of rotatable bonds is 10. The van der Waals surface area contributed by atoms with Crippen LogP contribution in [0.4, 0.5) is 17.6 Å². The molecule has 0 atom stereocenters. The number of carbonyl (C=O) groups is 3. The Morgan fingerprint density at radius 1 is 0.596 bits per heavy atom. The van der Waals surface area contributed by atoms with Crippen LogP contribution in [0.3, 0.4) is 0 Å². The first-order chi connectivity index (χ1) is 44.1. The SMILES string of the molecule is C.C#CC(=O)O.C#CC(=O)OC(C)C.CC(C)O.CC(C)OC(=O)/C=C\n1cnc(-c2ccc(-c3ccccc3)c(F)c2)n1.Fc1cc(-c2ncn[nH]2)ccc1-c1ccccc1.Fc1cc(Br)ccc1-c1ccccc1.N#Cc1ccc(-c2ccccc2)c(F)c1.[C-]#N.[Cu+]. The van der Waals surface area contributed by atoms with Gasteiger partial charge in [0.25, 0.3) is 0 Å². The third-order valence-electron chi connectivity index (χ3n) is 11.1. The number of esters is 2. The number of hydrogen-bond donors (Lipinski definition) is 3. The van der Waals surface area contributed by atoms with Gasteiger partial charge in [-0.1, -0.05) is 181 Å². The van der Waals surface area contributed by atoms with E-state index in [1.165, 1.54) is 59.8 Å². The topological polar surface area (TPSA) is 230 Å². The van der Waals surface area contributed by atoms with Crippen LogP contribution in [0.1, 0.15) is 54.5 Å². The van der Waals surface area contributed by atoms with Gasteiger partial charge < -0.3 is 31.5 Å². The van der Waals surface area contributed by atoms with E-state index in [-0.39, 0.29) is 66.1 Å². The van der Waals surface area contributed by atoms with Gasteiger partial charge in [-0.3, -0.25) is 5.10 Å². The number of halogens is 5. The van der Waals surface area contributed by atoms with E-state index in [0.717, 1.165) is 26.7 Å². The molecule has 94 heavy (non-hydrogen) atoms. The molecule has 0 aliphatic rings. The Labute approximate surface area is 564 Å². The molecule has 0 unspecified atom stereocenters. The summed E-state index contributed by atoms with van der Waals surface area (Å²) >= 11 is 3.23. The number of aliphatic hydroxyl groups is 1. The molecule has 0 saturated heterocycles. The van der Waals surface area contributed by atoms with Gasteiger partial charge in [0.05, 0.1) is 23.8 Å². The van der Waals surface area contributed by atoms with Crippen LogP contribution < -0.4 is 0 Å². The third-order valence-corrected chi connectivity index (χ3v) is 11.6. The Morgan fingerprint density at radius 2 is 0.989 bits per heavy atom. The Morgan fingerprint density at radius 3 is 1.34 bits per heavy atom. The van der Waals surface area contributed by atoms with Gasteiger partial charge in [-0.15, -0.1) is 17.9 Å². The predicted molar refractivity (Wildman–Crippen MR) is 356 cm³/mol. The minimum Gasteiger partial charge on any atom is -0.512 e. The largest absolute Gasteiger partial charge is 1.00 e. The van der Waals surface area contributed by atoms with Crippen molar-refractivity contribution in [1.82, 2.24) is 29.9 Å². The zero-order chi connectivity index (χ0) is 68.0. The van der Waals surface area contributed by atoms with Crippen LogP contribution in [-0.2, 0) is 40.9 Å². The summed E-state index contributed by atoms with van der Waals surface area (Å²) in [5.74, 6) is 0.753. The van der Waals surface area contributed by atoms with Gasteiger partial charge in [-0.2, -0.15) is 10.4 Å². The van der Waals surface area contributed by atoms with E-state index >= 15 is 0 Å². The average molecular weight is 1390 g/mol. The molecule has 15 nitrogen and oxygen atoms in total. The van der Waals surface area contributed by atoms with E-state index in [1.807, 2.05) is 145 Å². The van der Waals surface area contributed by atoms with Gasteiger partial charge in [-0.05, 0) is 100 Å². The zero-order valence-electron chi connectivity index (χ0n) is 50.9. The number of nitriles is 1. The van der Waals surface area contributed by atoms with Crippen molar-refractivity contribution >= 4 is 40.0 Å². The molecule has 0 radical (unpaired) electrons. The van der Waals surface area contributed by atoms with E-state index in [1.54, 1.807) is 77.9 Å². The molecule has 0 amide bonds. The van der Waals surface area contributed by atoms with Crippen LogP contribution in [0.25, 0.3) is 73.5 Å². The molecular formula is C73H66BrCuF4N8O7. The first-order valence-electron chi connectivity index (χ1n) is 27.5. The van der Waals surface area contributed by atoms with E-state index in [4.69, 9.17) is 43.3 Å². The van der Waals surface area contributed by atoms with E-state index in [9.17, 15) is 27.2 Å². The predicted octanol–water partition coefficient (Wildman–Crippen LogP) is 16.5. The van der Waals surface area contributed by atoms with Crippen LogP contribution >= 0.6 is 15.9 Å². The first kappa shape index (κ1) is 81.0. The zero-order valence-corrected chi connectivity index (χ0v) is 53.5. The van der Waals surface area contributed by atoms with Gasteiger partial charge >= 0.3 is 35.0 Å². The molecule has 21 heteroatoms. The van der Waals surface area contributed by atoms with Gasteiger partial charge in [0.2, 0.25) is 0 Å². The molecule has 10 aromatic rings. The molecule has 2 heterocycles. The summed E-state index contributed by atoms with van der Waals surface area (Å²) in [7, 11) is 0. The van der Waals surface area contributed by atoms with Crippen LogP contribution in [0.2, 0.25) is 0 Å². The molecule has 0 saturated carbocycles. The van der Waals surface area contributed by atoms with Crippen molar-refractivity contribution in [1.29, 1.82) is 10.5 Å². The molecule has 8 aromatic carbocycles. The number of aliphatic carboxylic acids is 1. The standard InChI is InChI=1S/C20H18FN3O2.C14H10FN3.C13H8FN.C12H8BrF.C6H8O2.C3H2O2.C3H8O.CN.CH4.Cu/c1-14(2)26-19(25)10-11-24-13-22-20(23-24)16-8-9-17(18(21)12-16)15-6-4-3-5-7-15;15-13-8-11(14-16-9-17-18-14)6-7-12(13)10-4-2-1-3-5-10;14-13-8-10(9-15)6-7-12(13)11-4-2-1-3-5-11;13-10-6-7-11(12(14)8-10)9-4-2-1-3-5-9;1-4-6(7)8-5(2)3;1-2-3(4)5;1-3(2)4;1-2;;/h3-14H,1-2H3;1-9H,(H,16,17,18);1-8H;1-8H;1,5H,2-3H3;1H,(H,4,5);3-4H,1-2H3;;1H4;/q;;;;;;;-1;;+1/b11-10-;;;;;;;;;. The number of H-pyrrole nitrogens is 1. The number of aromatic amines is 1. The summed E-state index contributed by atoms with van der Waals surface area (Å²) in [6, 6.07) is 58.9. The minimum absolute atomic E-state index is 0. The van der Waals surface area contributed by atoms with Crippen molar-refractivity contribution in [2.75, 3.05) is 0 Å². The molecule has 0 bridgehead atoms. The number of aliphatic hydroxyl groups excluding tert-OH is 1. The number of carboxylic acid groups (broad SMARTS) is 1. The fraction of sp³-hybridized carbons (Fsp3) is 0.137. The van der Waals surface area contributed by atoms with E-state index < -0.39 is 17.9 Å². The molecule has 10 rings (SSSR count). The molecule has 0 fully saturated rings. The maximum Gasteiger partial charge on any atom is 1.00 e. The Hall–Kier alpha value is -11.0. The summed E-state index contributed by atoms with van der Waals surface area (Å²) in [6.45, 7) is 15.2. The maximum absolute atomic E-state index is 14.5. The fourth-order valence-corrected chi connectivity index (χ4v) is 7.61. The number of carbonyl (C=O) groups excluding carboxylic acids is 2. The molecular weight excluding hydrogens is 1320 g/mol. The number of ether oxygens (including phenoxy) is 2. The Bertz CT molecular complexity index is 4080. The minimum atomic E-state index is -1.22. The second kappa shape index (κ2) is 44.4. The number of terminal acetylenes is 2. The van der Waals surface area contributed by atoms with Gasteiger partial charge in [0.1, 0.15) is 35.9 Å². The van der Waals surface area contributed by atoms with Gasteiger partial charge in [0, 0.05) is 68.1 Å². The fourth-order valence-electron chi connectivity index (χ4n) is 7.28. The number of carboxylic acids is 1. The molecule has 486 valence electrons. The summed E-state index contributed by atoms with van der Waals surface area (Å²) < 4.78 is 67.3. The monoisotopic (exact) mass is 1380 g/mol. The molecule has 0 aliphatic heterocycles. The molecule has 3 N–H and O–H groups in total. The molecule has 2 aromatic heterocycles. The van der Waals surface area contributed by atoms with Crippen molar-refractivity contribution in [3.8, 4) is 98.0 Å². The van der Waals surface area contributed by atoms with Crippen LogP contribution in [-0.4, -0.2) is 76.4 Å². The Balaban J connectivity index is 0.000000581. The number of nitrogens with one attached hydrogen (secondary N) is 1. The summed E-state index contributed by atoms with van der Waals surface area (Å²) in [5.41, 5.74) is 7.22. The van der Waals surface area contributed by atoms with Crippen molar-refractivity contribution in [2.45, 2.75) is 67.3 Å². The first-order valence-corrected chi connectivity index (χ1v) is 28.3. The van der Waals surface area contributed by atoms with Crippen LogP contribution in [0.5, 0.6) is 0 Å². The summed E-state index contributed by atoms with van der Waals surface area (Å²) in [5, 5.41) is 41.1. The van der Waals surface area contributed by atoms with E-state index in [2.05, 4.69) is 52.4 Å². The molecule has 0 spiro atoms. The number of benzene rings is 8. The van der Waals surface area contributed by atoms with Crippen LogP contribution in [0, 0.1) is 71.1 Å². The third kappa shape index (κ3) is 29.7. The average Bonchev–Trinajstić information content (AvgIpc) is 1.22. The van der Waals surface area contributed by atoms with Gasteiger partial charge in [0.15, 0.2) is 11.6 Å². The summed E-state index contributed by atoms with van der Waals surface area (Å²) in [6.07, 6.45) is 14.1. The van der Waals surface area contributed by atoms with Crippen molar-refractivity contribution in [3.05, 3.63) is 253 Å².